The molecule has 16 heavy (non-hydrogen) atoms. The molecule has 0 saturated heterocycles. The van der Waals surface area contributed by atoms with E-state index in [1.807, 2.05) is 0 Å². The minimum Gasteiger partial charge on any atom is -0.395 e. The minimum atomic E-state index is -3.60. The van der Waals surface area contributed by atoms with Crippen molar-refractivity contribution in [1.82, 2.24) is 0 Å². The van der Waals surface area contributed by atoms with E-state index in [1.165, 1.54) is 12.1 Å². The van der Waals surface area contributed by atoms with Gasteiger partial charge in [0.15, 0.2) is 11.5 Å². The standard InChI is InChI=1S/C10H10F3NO2/c11-4-1-5-14-7-2-3-8-9(6-7)16-10(12,13)15-8/h2-3,6,14H,1,4-5H2. The average Bonchev–Trinajstić information content (AvgIpc) is 2.51. The zero-order chi connectivity index (χ0) is 11.6. The summed E-state index contributed by atoms with van der Waals surface area (Å²) in [4.78, 5) is 0. The Bertz CT molecular complexity index is 384. The molecular weight excluding hydrogens is 223 g/mol. The van der Waals surface area contributed by atoms with Gasteiger partial charge in [-0.05, 0) is 18.6 Å². The second-order valence-electron chi connectivity index (χ2n) is 3.30. The van der Waals surface area contributed by atoms with Crippen molar-refractivity contribution in [3.63, 3.8) is 0 Å². The zero-order valence-electron chi connectivity index (χ0n) is 8.30. The van der Waals surface area contributed by atoms with Crippen LogP contribution in [0.5, 0.6) is 11.5 Å². The molecule has 0 saturated carbocycles. The molecule has 0 atom stereocenters. The lowest BCUT2D eigenvalue weighted by atomic mass is 10.2. The first-order valence-electron chi connectivity index (χ1n) is 4.80. The van der Waals surface area contributed by atoms with Gasteiger partial charge in [-0.25, -0.2) is 0 Å². The smallest absolute Gasteiger partial charge is 0.395 e. The molecule has 1 N–H and O–H groups in total. The summed E-state index contributed by atoms with van der Waals surface area (Å²) in [6, 6.07) is 4.35. The first-order chi connectivity index (χ1) is 7.61. The van der Waals surface area contributed by atoms with Gasteiger partial charge in [0.2, 0.25) is 0 Å². The lowest BCUT2D eigenvalue weighted by molar-refractivity contribution is -0.286. The summed E-state index contributed by atoms with van der Waals surface area (Å²) >= 11 is 0. The topological polar surface area (TPSA) is 30.5 Å². The highest BCUT2D eigenvalue weighted by Gasteiger charge is 2.43. The number of halogens is 3. The molecule has 3 nitrogen and oxygen atoms in total. The normalized spacial score (nSPS) is 16.2. The highest BCUT2D eigenvalue weighted by molar-refractivity contribution is 5.55. The van der Waals surface area contributed by atoms with E-state index in [1.54, 1.807) is 6.07 Å². The molecule has 0 aromatic heterocycles. The number of ether oxygens (including phenoxy) is 2. The van der Waals surface area contributed by atoms with Crippen molar-refractivity contribution >= 4 is 5.69 Å². The highest BCUT2D eigenvalue weighted by atomic mass is 19.3. The predicted molar refractivity (Wildman–Crippen MR) is 51.7 cm³/mol. The van der Waals surface area contributed by atoms with Crippen LogP contribution in [0.25, 0.3) is 0 Å². The van der Waals surface area contributed by atoms with Crippen molar-refractivity contribution in [2.45, 2.75) is 12.7 Å². The number of anilines is 1. The summed E-state index contributed by atoms with van der Waals surface area (Å²) in [5.41, 5.74) is 0.591. The van der Waals surface area contributed by atoms with Crippen LogP contribution in [0.3, 0.4) is 0 Å². The Morgan fingerprint density at radius 1 is 1.19 bits per heavy atom. The molecule has 88 valence electrons. The van der Waals surface area contributed by atoms with Crippen molar-refractivity contribution in [2.75, 3.05) is 18.5 Å². The van der Waals surface area contributed by atoms with Crippen molar-refractivity contribution in [3.8, 4) is 11.5 Å². The first kappa shape index (κ1) is 10.9. The molecule has 6 heteroatoms. The second kappa shape index (κ2) is 4.11. The van der Waals surface area contributed by atoms with Crippen molar-refractivity contribution in [3.05, 3.63) is 18.2 Å². The lowest BCUT2D eigenvalue weighted by Crippen LogP contribution is -2.25. The molecule has 1 aliphatic heterocycles. The van der Waals surface area contributed by atoms with E-state index >= 15 is 0 Å². The monoisotopic (exact) mass is 233 g/mol. The number of benzene rings is 1. The van der Waals surface area contributed by atoms with E-state index in [0.29, 0.717) is 18.7 Å². The number of rotatable bonds is 4. The van der Waals surface area contributed by atoms with Gasteiger partial charge in [0.25, 0.3) is 0 Å². The fourth-order valence-corrected chi connectivity index (χ4v) is 1.36. The van der Waals surface area contributed by atoms with E-state index in [4.69, 9.17) is 0 Å². The molecule has 0 spiro atoms. The number of alkyl halides is 3. The first-order valence-corrected chi connectivity index (χ1v) is 4.80. The van der Waals surface area contributed by atoms with E-state index in [9.17, 15) is 13.2 Å². The summed E-state index contributed by atoms with van der Waals surface area (Å²) in [5.74, 6) is -0.0173. The van der Waals surface area contributed by atoms with Gasteiger partial charge in [-0.2, -0.15) is 0 Å². The van der Waals surface area contributed by atoms with Crippen LogP contribution in [0.1, 0.15) is 6.42 Å². The average molecular weight is 233 g/mol. The second-order valence-corrected chi connectivity index (χ2v) is 3.30. The van der Waals surface area contributed by atoms with Crippen LogP contribution in [0, 0.1) is 0 Å². The highest BCUT2D eigenvalue weighted by Crippen LogP contribution is 2.42. The van der Waals surface area contributed by atoms with Crippen LogP contribution < -0.4 is 14.8 Å². The van der Waals surface area contributed by atoms with E-state index in [0.717, 1.165) is 0 Å². The van der Waals surface area contributed by atoms with Crippen molar-refractivity contribution < 1.29 is 22.6 Å². The van der Waals surface area contributed by atoms with Gasteiger partial charge in [-0.1, -0.05) is 0 Å². The molecule has 0 radical (unpaired) electrons. The summed E-state index contributed by atoms with van der Waals surface area (Å²) < 4.78 is 45.7. The molecule has 2 rings (SSSR count). The molecule has 0 bridgehead atoms. The maximum Gasteiger partial charge on any atom is 0.586 e. The molecule has 0 fully saturated rings. The lowest BCUT2D eigenvalue weighted by Gasteiger charge is -2.05. The Morgan fingerprint density at radius 3 is 2.69 bits per heavy atom. The third-order valence-corrected chi connectivity index (χ3v) is 2.04. The van der Waals surface area contributed by atoms with Crippen LogP contribution in [0.2, 0.25) is 0 Å². The van der Waals surface area contributed by atoms with E-state index in [2.05, 4.69) is 14.8 Å². The van der Waals surface area contributed by atoms with Crippen molar-refractivity contribution in [1.29, 1.82) is 0 Å². The number of hydrogen-bond acceptors (Lipinski definition) is 3. The van der Waals surface area contributed by atoms with Crippen molar-refractivity contribution in [2.24, 2.45) is 0 Å². The molecule has 1 aromatic rings. The Hall–Kier alpha value is -1.59. The third kappa shape index (κ3) is 2.32. The molecule has 1 heterocycles. The third-order valence-electron chi connectivity index (χ3n) is 2.04. The molecule has 0 amide bonds. The Kier molecular flexibility index (Phi) is 2.80. The SMILES string of the molecule is FCCCNc1ccc2c(c1)OC(F)(F)O2. The summed E-state index contributed by atoms with van der Waals surface area (Å²) in [5, 5.41) is 2.88. The largest absolute Gasteiger partial charge is 0.586 e. The minimum absolute atomic E-state index is 0.000964. The predicted octanol–water partition coefficient (Wildman–Crippen LogP) is 2.78. The quantitative estimate of drug-likeness (QED) is 0.811. The molecular formula is C10H10F3NO2. The van der Waals surface area contributed by atoms with Gasteiger partial charge in [0.05, 0.1) is 6.67 Å². The maximum absolute atomic E-state index is 12.7. The Morgan fingerprint density at radius 2 is 1.94 bits per heavy atom. The van der Waals surface area contributed by atoms with E-state index in [-0.39, 0.29) is 11.5 Å². The van der Waals surface area contributed by atoms with Crippen LogP contribution in [-0.4, -0.2) is 19.5 Å². The van der Waals surface area contributed by atoms with Gasteiger partial charge < -0.3 is 14.8 Å². The van der Waals surface area contributed by atoms with Crippen LogP contribution >= 0.6 is 0 Å². The van der Waals surface area contributed by atoms with Crippen LogP contribution in [0.4, 0.5) is 18.9 Å². The van der Waals surface area contributed by atoms with Crippen LogP contribution in [0.15, 0.2) is 18.2 Å². The summed E-state index contributed by atoms with van der Waals surface area (Å²) in [6.07, 6.45) is -3.23. The van der Waals surface area contributed by atoms with Gasteiger partial charge in [0, 0.05) is 18.3 Å². The van der Waals surface area contributed by atoms with Gasteiger partial charge in [0.1, 0.15) is 0 Å². The summed E-state index contributed by atoms with van der Waals surface area (Å²) in [7, 11) is 0. The Labute approximate surface area is 90.2 Å². The zero-order valence-corrected chi connectivity index (χ0v) is 8.30. The molecule has 1 aromatic carbocycles. The molecule has 0 unspecified atom stereocenters. The fourth-order valence-electron chi connectivity index (χ4n) is 1.36. The number of hydrogen-bond donors (Lipinski definition) is 1. The number of fused-ring (bicyclic) bond motifs is 1. The van der Waals surface area contributed by atoms with Crippen LogP contribution in [-0.2, 0) is 0 Å². The van der Waals surface area contributed by atoms with Gasteiger partial charge in [-0.15, -0.1) is 8.78 Å². The number of nitrogens with one attached hydrogen (secondary N) is 1. The fraction of sp³-hybridized carbons (Fsp3) is 0.400. The van der Waals surface area contributed by atoms with Gasteiger partial charge in [-0.3, -0.25) is 4.39 Å². The Balaban J connectivity index is 2.04. The molecule has 0 aliphatic carbocycles. The maximum atomic E-state index is 12.7. The van der Waals surface area contributed by atoms with E-state index < -0.39 is 13.0 Å². The molecule has 1 aliphatic rings. The summed E-state index contributed by atoms with van der Waals surface area (Å²) in [6.45, 7) is 0.0160. The van der Waals surface area contributed by atoms with Gasteiger partial charge >= 0.3 is 6.29 Å².